The Balaban J connectivity index is 1.42. The summed E-state index contributed by atoms with van der Waals surface area (Å²) >= 11 is 1.27. The average Bonchev–Trinajstić information content (AvgIpc) is 0.984. The van der Waals surface area contributed by atoms with Crippen LogP contribution in [0.25, 0.3) is 0 Å². The number of rotatable bonds is 41. The molecular weight excluding hydrogens is 1380 g/mol. The van der Waals surface area contributed by atoms with Crippen LogP contribution in [0.3, 0.4) is 0 Å². The highest BCUT2D eigenvalue weighted by Crippen LogP contribution is 2.37. The van der Waals surface area contributed by atoms with Crippen LogP contribution in [-0.4, -0.2) is 275 Å². The number of hydrogen-bond acceptors (Lipinski definition) is 24. The normalized spacial score (nSPS) is 20.3. The highest BCUT2D eigenvalue weighted by molar-refractivity contribution is 7.99. The lowest BCUT2D eigenvalue weighted by atomic mass is 9.85. The van der Waals surface area contributed by atoms with Crippen molar-refractivity contribution >= 4 is 76.6 Å². The Labute approximate surface area is 609 Å². The van der Waals surface area contributed by atoms with Crippen molar-refractivity contribution in [2.45, 2.75) is 193 Å². The molecule has 5 rings (SSSR count). The van der Waals surface area contributed by atoms with Crippen molar-refractivity contribution in [1.82, 2.24) is 44.8 Å². The molecule has 7 N–H and O–H groups in total. The minimum atomic E-state index is -2.14. The number of carboxylic acids is 2. The van der Waals surface area contributed by atoms with E-state index in [9.17, 15) is 83.9 Å². The monoisotopic (exact) mass is 1480 g/mol. The van der Waals surface area contributed by atoms with Crippen LogP contribution >= 0.6 is 11.8 Å². The molecule has 0 radical (unpaired) electrons. The van der Waals surface area contributed by atoms with E-state index in [2.05, 4.69) is 15.6 Å². The second kappa shape index (κ2) is 40.3. The van der Waals surface area contributed by atoms with Gasteiger partial charge in [0.25, 0.3) is 0 Å². The van der Waals surface area contributed by atoms with E-state index in [0.29, 0.717) is 31.4 Å². The maximum atomic E-state index is 15.1. The molecule has 2 fully saturated rings. The molecule has 33 nitrogen and oxygen atoms in total. The van der Waals surface area contributed by atoms with E-state index in [4.69, 9.17) is 23.7 Å². The maximum absolute atomic E-state index is 15.1. The lowest BCUT2D eigenvalue weighted by molar-refractivity contribution is -0.387. The molecule has 6 amide bonds. The fourth-order valence-electron chi connectivity index (χ4n) is 13.1. The van der Waals surface area contributed by atoms with E-state index < -0.39 is 180 Å². The number of amides is 6. The van der Waals surface area contributed by atoms with Crippen molar-refractivity contribution < 1.29 is 107 Å². The molecule has 2 aliphatic heterocycles. The summed E-state index contributed by atoms with van der Waals surface area (Å²) in [5.41, 5.74) is -0.219. The van der Waals surface area contributed by atoms with E-state index in [1.165, 1.54) is 61.9 Å². The van der Waals surface area contributed by atoms with Gasteiger partial charge < -0.3 is 79.2 Å². The molecular formula is C70H104N10O23S. The summed E-state index contributed by atoms with van der Waals surface area (Å²) in [6.45, 7) is 12.9. The van der Waals surface area contributed by atoms with E-state index in [0.717, 1.165) is 26.8 Å². The molecule has 3 aromatic rings. The summed E-state index contributed by atoms with van der Waals surface area (Å²) < 4.78 is 30.3. The summed E-state index contributed by atoms with van der Waals surface area (Å²) in [6.07, 6.45) is -11.8. The zero-order valence-electron chi connectivity index (χ0n) is 61.5. The summed E-state index contributed by atoms with van der Waals surface area (Å²) in [7, 11) is 7.01. The predicted molar refractivity (Wildman–Crippen MR) is 375 cm³/mol. The first-order chi connectivity index (χ1) is 49.0. The van der Waals surface area contributed by atoms with Crippen LogP contribution in [0.2, 0.25) is 0 Å². The molecule has 34 heteroatoms. The van der Waals surface area contributed by atoms with Crippen molar-refractivity contribution in [2.24, 2.45) is 29.6 Å². The van der Waals surface area contributed by atoms with Crippen LogP contribution in [0.4, 0.5) is 10.5 Å². The number of carboxylic acid groups (broad SMARTS) is 2. The van der Waals surface area contributed by atoms with E-state index in [-0.39, 0.29) is 79.2 Å². The number of methoxy groups -OCH3 is 2. The summed E-state index contributed by atoms with van der Waals surface area (Å²) in [5, 5.41) is 85.6. The van der Waals surface area contributed by atoms with Gasteiger partial charge in [0, 0.05) is 92.3 Å². The van der Waals surface area contributed by atoms with Crippen LogP contribution < -0.4 is 10.1 Å². The minimum Gasteiger partial charge on any atom is -0.480 e. The van der Waals surface area contributed by atoms with Gasteiger partial charge in [-0.3, -0.25) is 58.1 Å². The minimum absolute atomic E-state index is 0.0645. The molecule has 2 saturated heterocycles. The summed E-state index contributed by atoms with van der Waals surface area (Å²) in [6, 6.07) is 8.38. The number of nitro groups is 1. The first-order valence-electron chi connectivity index (χ1n) is 34.6. The van der Waals surface area contributed by atoms with Gasteiger partial charge in [0.1, 0.15) is 54.6 Å². The quantitative estimate of drug-likeness (QED) is 0.0316. The lowest BCUT2D eigenvalue weighted by Gasteiger charge is -2.41. The highest BCUT2D eigenvalue weighted by Gasteiger charge is 2.49. The van der Waals surface area contributed by atoms with E-state index in [1.54, 1.807) is 65.0 Å². The first-order valence-corrected chi connectivity index (χ1v) is 36.0. The molecule has 3 heterocycles. The number of hydrogen-bond donors (Lipinski definition) is 7. The fraction of sp³-hybridized carbons (Fsp3) is 0.657. The number of Topliss-reactive ketones (excluding diaryl/α,β-unsaturated/α-hetero) is 2. The third kappa shape index (κ3) is 23.1. The van der Waals surface area contributed by atoms with E-state index in [1.807, 2.05) is 39.0 Å². The van der Waals surface area contributed by atoms with Crippen molar-refractivity contribution in [1.29, 1.82) is 0 Å². The number of likely N-dealkylation sites (N-methyl/N-ethyl adjacent to an activating group) is 3. The standard InChI is InChI=1S/C70H104N10O23S/c1-15-40(6)59(52(99-12)33-54(84)79-27-19-22-47(79)64(100-13)42(8)49(82)30-41(7)60(88)43-20-17-16-18-21-43)75(10)67(93)57(38(2)3)71-66(92)58(39(4)5)76(11)70(96)102-51(44-23-25-50(48(31-44)80(97)98)101-69-63(91)61(89)62(90)65(103-69)68(94)95)32-45-34-78(73-72-45)29-28-77(35-55(85)74(9)36-56(86)87)53(83)26-24-46(81)37-104-14/h16-18,20-21,23,25,31,34,38-42,47,51-52,57-65,69,88-91H,15,19,22,24,26-30,32-33,35-37H2,1-14H3,(H,71,92)(H,86,87)(H,94,95)/t40-,41-,42-,47?,51?,52+,57-,58-,59-,60+,61?,62?,63?,64+,65?,69?/m1/s1. The number of benzene rings is 2. The van der Waals surface area contributed by atoms with Crippen molar-refractivity contribution in [3.05, 3.63) is 81.7 Å². The Kier molecular flexibility index (Phi) is 33.5. The second-order valence-electron chi connectivity index (χ2n) is 27.4. The van der Waals surface area contributed by atoms with Gasteiger partial charge in [0.05, 0.1) is 66.3 Å². The van der Waals surface area contributed by atoms with Gasteiger partial charge in [-0.15, -0.1) is 5.10 Å². The first kappa shape index (κ1) is 86.4. The largest absolute Gasteiger partial charge is 0.480 e. The number of ketones is 2. The topological polar surface area (TPSA) is 440 Å². The zero-order valence-corrected chi connectivity index (χ0v) is 62.4. The van der Waals surface area contributed by atoms with Gasteiger partial charge in [-0.05, 0) is 60.0 Å². The van der Waals surface area contributed by atoms with Gasteiger partial charge in [0.2, 0.25) is 35.8 Å². The predicted octanol–water partition coefficient (Wildman–Crippen LogP) is 3.31. The van der Waals surface area contributed by atoms with Crippen molar-refractivity contribution in [3.63, 3.8) is 0 Å². The molecule has 104 heavy (non-hydrogen) atoms. The van der Waals surface area contributed by atoms with Crippen LogP contribution in [0.1, 0.15) is 129 Å². The third-order valence-corrected chi connectivity index (χ3v) is 19.8. The number of nitrogens with zero attached hydrogens (tertiary/aromatic N) is 9. The van der Waals surface area contributed by atoms with E-state index >= 15 is 4.79 Å². The molecule has 16 atom stereocenters. The Morgan fingerprint density at radius 1 is 0.827 bits per heavy atom. The molecule has 2 aromatic carbocycles. The lowest BCUT2D eigenvalue weighted by Crippen LogP contribution is -2.61. The number of nitrogens with one attached hydrogen (secondary N) is 1. The SMILES string of the molecule is CC[C@@H](C)[C@H]([C@H](CC(=O)N1CCCC1[C@@H](OC)[C@H](C)C(=O)C[C@@H](C)[C@H](O)c1ccccc1)OC)N(C)C(=O)[C@H](NC(=O)[C@@H](C(C)C)N(C)C(=O)OC(Cc1cn(CCN(CC(=O)N(C)CC(=O)O)C(=O)CCC(=O)CSC)nn1)c1ccc(OC2OC(C(=O)O)C(O)C(O)C2O)c([N+](=O)[O-])c1)C(C)C. The number of likely N-dealkylation sites (tertiary alicyclic amines) is 1. The van der Waals surface area contributed by atoms with Gasteiger partial charge in [0.15, 0.2) is 11.9 Å². The zero-order chi connectivity index (χ0) is 77.7. The van der Waals surface area contributed by atoms with Gasteiger partial charge in [-0.2, -0.15) is 11.8 Å². The molecule has 0 spiro atoms. The molecule has 2 aliphatic rings. The van der Waals surface area contributed by atoms with Crippen LogP contribution in [0, 0.1) is 39.7 Å². The number of thioether (sulfide) groups is 1. The van der Waals surface area contributed by atoms with Gasteiger partial charge in [-0.25, -0.2) is 9.59 Å². The molecule has 0 aliphatic carbocycles. The molecule has 1 aromatic heterocycles. The summed E-state index contributed by atoms with van der Waals surface area (Å²) in [4.78, 5) is 154. The fourth-order valence-corrected chi connectivity index (χ4v) is 13.6. The summed E-state index contributed by atoms with van der Waals surface area (Å²) in [5.74, 6) is -9.42. The molecule has 0 saturated carbocycles. The Bertz CT molecular complexity index is 3420. The van der Waals surface area contributed by atoms with Crippen molar-refractivity contribution in [2.75, 3.05) is 73.6 Å². The third-order valence-electron chi connectivity index (χ3n) is 19.2. The second-order valence-corrected chi connectivity index (χ2v) is 28.3. The van der Waals surface area contributed by atoms with Gasteiger partial charge >= 0.3 is 23.7 Å². The number of nitro benzene ring substituents is 1. The van der Waals surface area contributed by atoms with Crippen LogP contribution in [0.5, 0.6) is 5.75 Å². The van der Waals surface area contributed by atoms with Gasteiger partial charge in [-0.1, -0.05) is 103 Å². The highest BCUT2D eigenvalue weighted by atomic mass is 32.2. The Morgan fingerprint density at radius 2 is 1.50 bits per heavy atom. The Morgan fingerprint density at radius 3 is 2.09 bits per heavy atom. The van der Waals surface area contributed by atoms with Crippen molar-refractivity contribution in [3.8, 4) is 5.75 Å². The maximum Gasteiger partial charge on any atom is 0.410 e. The number of aliphatic hydroxyl groups is 4. The molecule has 7 unspecified atom stereocenters. The number of ether oxygens (including phenoxy) is 5. The number of carbonyl (C=O) groups is 10. The smallest absolute Gasteiger partial charge is 0.410 e. The van der Waals surface area contributed by atoms with Crippen LogP contribution in [0.15, 0.2) is 54.7 Å². The molecule has 578 valence electrons. The average molecular weight is 1490 g/mol. The number of aliphatic hydroxyl groups excluding tert-OH is 4. The van der Waals surface area contributed by atoms with Crippen LogP contribution in [-0.2, 0) is 75.1 Å². The number of carbonyl (C=O) groups excluding carboxylic acids is 8. The number of aromatic nitrogens is 3. The Hall–Kier alpha value is -8.25. The number of aliphatic carboxylic acids is 2. The molecule has 0 bridgehead atoms.